The molecule has 0 saturated carbocycles. The first-order chi connectivity index (χ1) is 12.0. The highest BCUT2D eigenvalue weighted by atomic mass is 32.2. The number of hydrogen-bond donors (Lipinski definition) is 2. The highest BCUT2D eigenvalue weighted by Crippen LogP contribution is 2.33. The van der Waals surface area contributed by atoms with Gasteiger partial charge in [0.15, 0.2) is 0 Å². The molecule has 0 heterocycles. The van der Waals surface area contributed by atoms with Gasteiger partial charge in [-0.2, -0.15) is 13.2 Å². The lowest BCUT2D eigenvalue weighted by Crippen LogP contribution is -2.15. The van der Waals surface area contributed by atoms with Crippen LogP contribution in [-0.4, -0.2) is 19.5 Å². The van der Waals surface area contributed by atoms with Crippen LogP contribution in [-0.2, 0) is 21.0 Å². The molecule has 0 saturated heterocycles. The van der Waals surface area contributed by atoms with Crippen LogP contribution in [0.2, 0.25) is 0 Å². The van der Waals surface area contributed by atoms with Gasteiger partial charge in [-0.15, -0.1) is 0 Å². The van der Waals surface area contributed by atoms with Gasteiger partial charge in [0.1, 0.15) is 5.82 Å². The van der Waals surface area contributed by atoms with Gasteiger partial charge in [-0.05, 0) is 42.0 Å². The largest absolute Gasteiger partial charge is 0.478 e. The fourth-order valence-corrected chi connectivity index (χ4v) is 3.08. The van der Waals surface area contributed by atoms with E-state index in [-0.39, 0.29) is 10.5 Å². The van der Waals surface area contributed by atoms with Crippen molar-refractivity contribution < 1.29 is 35.9 Å². The molecule has 10 heteroatoms. The van der Waals surface area contributed by atoms with Gasteiger partial charge in [0, 0.05) is 11.8 Å². The third-order valence-corrected chi connectivity index (χ3v) is 4.49. The molecule has 138 valence electrons. The molecule has 2 rings (SSSR count). The molecule has 2 N–H and O–H groups in total. The third kappa shape index (κ3) is 4.82. The number of carboxylic acids is 1. The van der Waals surface area contributed by atoms with E-state index in [9.17, 15) is 30.8 Å². The fraction of sp³-hybridized carbons (Fsp3) is 0.0625. The molecule has 2 aromatic carbocycles. The van der Waals surface area contributed by atoms with Crippen molar-refractivity contribution in [3.63, 3.8) is 0 Å². The number of rotatable bonds is 5. The summed E-state index contributed by atoms with van der Waals surface area (Å²) >= 11 is 0. The highest BCUT2D eigenvalue weighted by molar-refractivity contribution is 7.92. The molecule has 0 aromatic heterocycles. The normalized spacial score (nSPS) is 12.3. The Bertz CT molecular complexity index is 968. The lowest BCUT2D eigenvalue weighted by atomic mass is 10.2. The minimum atomic E-state index is -4.98. The maximum atomic E-state index is 13.3. The Hall–Kier alpha value is -2.88. The summed E-state index contributed by atoms with van der Waals surface area (Å²) < 4.78 is 78.0. The summed E-state index contributed by atoms with van der Waals surface area (Å²) in [7, 11) is -4.27. The van der Waals surface area contributed by atoms with E-state index in [0.29, 0.717) is 12.1 Å². The van der Waals surface area contributed by atoms with Crippen molar-refractivity contribution in [2.75, 3.05) is 4.72 Å². The third-order valence-electron chi connectivity index (χ3n) is 3.11. The molecular weight excluding hydrogens is 378 g/mol. The molecule has 0 fully saturated rings. The van der Waals surface area contributed by atoms with Crippen LogP contribution in [0, 0.1) is 5.82 Å². The van der Waals surface area contributed by atoms with Gasteiger partial charge in [0.05, 0.1) is 10.5 Å². The second-order valence-corrected chi connectivity index (χ2v) is 6.72. The number of aliphatic carboxylic acids is 1. The zero-order valence-corrected chi connectivity index (χ0v) is 13.6. The smallest absolute Gasteiger partial charge is 0.419 e. The van der Waals surface area contributed by atoms with Gasteiger partial charge >= 0.3 is 12.1 Å². The van der Waals surface area contributed by atoms with Crippen molar-refractivity contribution >= 4 is 27.8 Å². The van der Waals surface area contributed by atoms with E-state index in [2.05, 4.69) is 0 Å². The van der Waals surface area contributed by atoms with E-state index in [1.165, 1.54) is 18.2 Å². The Labute approximate surface area is 145 Å². The van der Waals surface area contributed by atoms with Gasteiger partial charge in [0.2, 0.25) is 0 Å². The first-order valence-electron chi connectivity index (χ1n) is 6.90. The lowest BCUT2D eigenvalue weighted by molar-refractivity contribution is -0.140. The molecule has 0 aliphatic heterocycles. The summed E-state index contributed by atoms with van der Waals surface area (Å²) in [4.78, 5) is 10.2. The number of anilines is 1. The van der Waals surface area contributed by atoms with Crippen molar-refractivity contribution in [3.05, 3.63) is 65.5 Å². The predicted molar refractivity (Wildman–Crippen MR) is 85.3 cm³/mol. The van der Waals surface area contributed by atoms with Crippen molar-refractivity contribution in [1.82, 2.24) is 0 Å². The van der Waals surface area contributed by atoms with Crippen LogP contribution < -0.4 is 4.72 Å². The molecule has 26 heavy (non-hydrogen) atoms. The molecule has 0 aliphatic carbocycles. The summed E-state index contributed by atoms with van der Waals surface area (Å²) in [5, 5.41) is 8.57. The first-order valence-corrected chi connectivity index (χ1v) is 8.38. The number of alkyl halides is 3. The topological polar surface area (TPSA) is 83.5 Å². The minimum Gasteiger partial charge on any atom is -0.478 e. The molecule has 0 bridgehead atoms. The van der Waals surface area contributed by atoms with Crippen LogP contribution in [0.5, 0.6) is 0 Å². The Morgan fingerprint density at radius 1 is 1.12 bits per heavy atom. The second kappa shape index (κ2) is 7.16. The van der Waals surface area contributed by atoms with Crippen molar-refractivity contribution in [2.24, 2.45) is 0 Å². The Kier molecular flexibility index (Phi) is 5.36. The highest BCUT2D eigenvalue weighted by Gasteiger charge is 2.34. The van der Waals surface area contributed by atoms with Crippen LogP contribution in [0.4, 0.5) is 23.2 Å². The van der Waals surface area contributed by atoms with Crippen molar-refractivity contribution in [2.45, 2.75) is 11.1 Å². The zero-order chi connectivity index (χ0) is 19.5. The first kappa shape index (κ1) is 19.4. The Morgan fingerprint density at radius 2 is 1.81 bits per heavy atom. The number of halogens is 4. The molecule has 0 radical (unpaired) electrons. The zero-order valence-electron chi connectivity index (χ0n) is 12.8. The molecule has 0 atom stereocenters. The summed E-state index contributed by atoms with van der Waals surface area (Å²) in [5.41, 5.74) is -1.81. The van der Waals surface area contributed by atoms with Crippen LogP contribution in [0.15, 0.2) is 53.4 Å². The number of nitrogens with one attached hydrogen (secondary N) is 1. The molecule has 0 amide bonds. The number of hydrogen-bond acceptors (Lipinski definition) is 3. The average molecular weight is 389 g/mol. The van der Waals surface area contributed by atoms with E-state index < -0.39 is 39.2 Å². The van der Waals surface area contributed by atoms with Crippen LogP contribution >= 0.6 is 0 Å². The molecule has 5 nitrogen and oxygen atoms in total. The fourth-order valence-electron chi connectivity index (χ4n) is 1.97. The van der Waals surface area contributed by atoms with Gasteiger partial charge in [-0.25, -0.2) is 17.6 Å². The van der Waals surface area contributed by atoms with Crippen molar-refractivity contribution in [3.8, 4) is 0 Å². The van der Waals surface area contributed by atoms with Crippen LogP contribution in [0.3, 0.4) is 0 Å². The summed E-state index contributed by atoms with van der Waals surface area (Å²) in [5.74, 6) is -2.76. The number of benzene rings is 2. The molecule has 0 spiro atoms. The Balaban J connectivity index is 2.35. The molecule has 0 aliphatic rings. The van der Waals surface area contributed by atoms with E-state index in [0.717, 1.165) is 24.3 Å². The molecular formula is C16H11F4NO4S. The Morgan fingerprint density at radius 3 is 2.42 bits per heavy atom. The minimum absolute atomic E-state index is 0.255. The maximum Gasteiger partial charge on any atom is 0.419 e. The predicted octanol–water partition coefficient (Wildman–Crippen LogP) is 3.74. The van der Waals surface area contributed by atoms with Gasteiger partial charge in [-0.1, -0.05) is 12.1 Å². The number of carboxylic acid groups (broad SMARTS) is 1. The number of carbonyl (C=O) groups is 1. The van der Waals surface area contributed by atoms with E-state index in [1.54, 1.807) is 0 Å². The maximum absolute atomic E-state index is 13.3. The summed E-state index contributed by atoms with van der Waals surface area (Å²) in [6.45, 7) is 0. The second-order valence-electron chi connectivity index (χ2n) is 5.04. The standard InChI is InChI=1S/C16H11F4NO4S/c17-14-6-5-11(9-13(14)16(18,19)20)21-26(24,25)12-3-1-2-10(8-12)4-7-15(22)23/h1-9,21H,(H,22,23)/b7-4+. The summed E-state index contributed by atoms with van der Waals surface area (Å²) in [6, 6.07) is 6.80. The van der Waals surface area contributed by atoms with E-state index in [4.69, 9.17) is 5.11 Å². The van der Waals surface area contributed by atoms with Crippen LogP contribution in [0.25, 0.3) is 6.08 Å². The van der Waals surface area contributed by atoms with Gasteiger partial charge in [-0.3, -0.25) is 4.72 Å². The SMILES string of the molecule is O=C(O)/C=C/c1cccc(S(=O)(=O)Nc2ccc(F)c(C(F)(F)F)c2)c1. The monoisotopic (exact) mass is 389 g/mol. The van der Waals surface area contributed by atoms with Crippen molar-refractivity contribution in [1.29, 1.82) is 0 Å². The quantitative estimate of drug-likeness (QED) is 0.603. The van der Waals surface area contributed by atoms with E-state index in [1.807, 2.05) is 4.72 Å². The lowest BCUT2D eigenvalue weighted by Gasteiger charge is -2.12. The van der Waals surface area contributed by atoms with Crippen LogP contribution in [0.1, 0.15) is 11.1 Å². The van der Waals surface area contributed by atoms with Gasteiger partial charge in [0.25, 0.3) is 10.0 Å². The molecule has 0 unspecified atom stereocenters. The molecule has 2 aromatic rings. The number of sulfonamides is 1. The summed E-state index contributed by atoms with van der Waals surface area (Å²) in [6.07, 6.45) is -3.02. The van der Waals surface area contributed by atoms with E-state index >= 15 is 0 Å². The average Bonchev–Trinajstić information content (AvgIpc) is 2.54. The van der Waals surface area contributed by atoms with Gasteiger partial charge < -0.3 is 5.11 Å².